The van der Waals surface area contributed by atoms with Crippen LogP contribution in [0.25, 0.3) is 0 Å². The van der Waals surface area contributed by atoms with E-state index in [2.05, 4.69) is 26.1 Å². The van der Waals surface area contributed by atoms with Crippen LogP contribution < -0.4 is 10.2 Å². The normalized spacial score (nSPS) is 18.8. The predicted octanol–water partition coefficient (Wildman–Crippen LogP) is 2.61. The first-order valence-electron chi connectivity index (χ1n) is 6.80. The maximum atomic E-state index is 11.8. The average Bonchev–Trinajstić information content (AvgIpc) is 2.46. The molecule has 1 unspecified atom stereocenters. The van der Waals surface area contributed by atoms with Crippen molar-refractivity contribution in [2.24, 2.45) is 5.92 Å². The van der Waals surface area contributed by atoms with Crippen LogP contribution in [0.15, 0.2) is 22.7 Å². The Bertz CT molecular complexity index is 531. The molecule has 4 nitrogen and oxygen atoms in total. The van der Waals surface area contributed by atoms with Gasteiger partial charge in [-0.15, -0.1) is 0 Å². The minimum atomic E-state index is -0.00259. The van der Waals surface area contributed by atoms with Crippen LogP contribution in [-0.4, -0.2) is 31.8 Å². The first-order valence-corrected chi connectivity index (χ1v) is 7.59. The van der Waals surface area contributed by atoms with Gasteiger partial charge in [-0.1, -0.05) is 15.9 Å². The molecule has 1 saturated heterocycles. The maximum absolute atomic E-state index is 11.8. The highest BCUT2D eigenvalue weighted by atomic mass is 79.9. The largest absolute Gasteiger partial charge is 0.370 e. The molecule has 1 heterocycles. The van der Waals surface area contributed by atoms with Crippen LogP contribution >= 0.6 is 15.9 Å². The first-order chi connectivity index (χ1) is 9.52. The molecule has 5 heteroatoms. The predicted molar refractivity (Wildman–Crippen MR) is 83.2 cm³/mol. The zero-order valence-electron chi connectivity index (χ0n) is 11.8. The second-order valence-electron chi connectivity index (χ2n) is 5.12. The van der Waals surface area contributed by atoms with E-state index >= 15 is 0 Å². The van der Waals surface area contributed by atoms with Gasteiger partial charge in [0, 0.05) is 35.9 Å². The van der Waals surface area contributed by atoms with Gasteiger partial charge in [-0.2, -0.15) is 0 Å². The number of amides is 1. The summed E-state index contributed by atoms with van der Waals surface area (Å²) in [6.45, 7) is 3.13. The summed E-state index contributed by atoms with van der Waals surface area (Å²) in [5.74, 6) is 0.122. The van der Waals surface area contributed by atoms with Crippen LogP contribution in [-0.2, 0) is 4.79 Å². The SMILES string of the molecule is CNC(=O)C1CCCN(c2ccc(Br)cc2C(C)=O)C1. The molecular formula is C15H19BrN2O2. The lowest BCUT2D eigenvalue weighted by molar-refractivity contribution is -0.124. The standard InChI is InChI=1S/C15H19BrN2O2/c1-10(19)13-8-12(16)5-6-14(13)18-7-3-4-11(9-18)15(20)17-2/h5-6,8,11H,3-4,7,9H2,1-2H3,(H,17,20). The number of carbonyl (C=O) groups excluding carboxylic acids is 2. The van der Waals surface area contributed by atoms with Crippen LogP contribution in [0.1, 0.15) is 30.1 Å². The number of anilines is 1. The lowest BCUT2D eigenvalue weighted by Crippen LogP contribution is -2.42. The van der Waals surface area contributed by atoms with Crippen molar-refractivity contribution in [3.63, 3.8) is 0 Å². The van der Waals surface area contributed by atoms with Crippen molar-refractivity contribution in [2.75, 3.05) is 25.0 Å². The molecule has 1 aromatic rings. The van der Waals surface area contributed by atoms with Gasteiger partial charge in [0.1, 0.15) is 0 Å². The molecule has 2 rings (SSSR count). The van der Waals surface area contributed by atoms with E-state index in [9.17, 15) is 9.59 Å². The summed E-state index contributed by atoms with van der Waals surface area (Å²) in [6, 6.07) is 5.74. The van der Waals surface area contributed by atoms with Crippen LogP contribution in [0.3, 0.4) is 0 Å². The smallest absolute Gasteiger partial charge is 0.224 e. The average molecular weight is 339 g/mol. The number of halogens is 1. The molecule has 1 atom stereocenters. The number of Topliss-reactive ketones (excluding diaryl/α,β-unsaturated/α-hetero) is 1. The van der Waals surface area contributed by atoms with Crippen molar-refractivity contribution in [1.29, 1.82) is 0 Å². The van der Waals surface area contributed by atoms with Gasteiger partial charge in [0.25, 0.3) is 0 Å². The Balaban J connectivity index is 2.27. The molecule has 0 aromatic heterocycles. The molecule has 1 amide bonds. The highest BCUT2D eigenvalue weighted by Crippen LogP contribution is 2.29. The van der Waals surface area contributed by atoms with E-state index in [0.717, 1.165) is 29.5 Å². The van der Waals surface area contributed by atoms with E-state index in [1.807, 2.05) is 18.2 Å². The fourth-order valence-corrected chi connectivity index (χ4v) is 3.04. The number of nitrogens with one attached hydrogen (secondary N) is 1. The van der Waals surface area contributed by atoms with E-state index in [0.29, 0.717) is 12.1 Å². The molecule has 1 N–H and O–H groups in total. The van der Waals surface area contributed by atoms with E-state index < -0.39 is 0 Å². The zero-order valence-corrected chi connectivity index (χ0v) is 13.4. The van der Waals surface area contributed by atoms with Gasteiger partial charge in [0.05, 0.1) is 5.92 Å². The van der Waals surface area contributed by atoms with E-state index in [-0.39, 0.29) is 17.6 Å². The second kappa shape index (κ2) is 6.39. The second-order valence-corrected chi connectivity index (χ2v) is 6.03. The molecule has 0 radical (unpaired) electrons. The van der Waals surface area contributed by atoms with Crippen molar-refractivity contribution in [3.05, 3.63) is 28.2 Å². The Hall–Kier alpha value is -1.36. The van der Waals surface area contributed by atoms with Crippen LogP contribution in [0.2, 0.25) is 0 Å². The third-order valence-corrected chi connectivity index (χ3v) is 4.21. The van der Waals surface area contributed by atoms with E-state index in [1.165, 1.54) is 0 Å². The Labute approximate surface area is 127 Å². The summed E-state index contributed by atoms with van der Waals surface area (Å²) < 4.78 is 0.895. The molecule has 1 aliphatic heterocycles. The summed E-state index contributed by atoms with van der Waals surface area (Å²) >= 11 is 3.40. The molecule has 20 heavy (non-hydrogen) atoms. The third kappa shape index (κ3) is 3.20. The van der Waals surface area contributed by atoms with E-state index in [4.69, 9.17) is 0 Å². The van der Waals surface area contributed by atoms with Crippen LogP contribution in [0.4, 0.5) is 5.69 Å². The summed E-state index contributed by atoms with van der Waals surface area (Å²) in [5, 5.41) is 2.71. The third-order valence-electron chi connectivity index (χ3n) is 3.72. The van der Waals surface area contributed by atoms with Gasteiger partial charge < -0.3 is 10.2 Å². The Morgan fingerprint density at radius 2 is 2.15 bits per heavy atom. The van der Waals surface area contributed by atoms with Gasteiger partial charge in [0.2, 0.25) is 5.91 Å². The van der Waals surface area contributed by atoms with Gasteiger partial charge >= 0.3 is 0 Å². The zero-order chi connectivity index (χ0) is 14.7. The summed E-state index contributed by atoms with van der Waals surface area (Å²) in [6.07, 6.45) is 1.87. The maximum Gasteiger partial charge on any atom is 0.224 e. The summed E-state index contributed by atoms with van der Waals surface area (Å²) in [5.41, 5.74) is 1.63. The van der Waals surface area contributed by atoms with Gasteiger partial charge in [-0.05, 0) is 38.0 Å². The highest BCUT2D eigenvalue weighted by molar-refractivity contribution is 9.10. The van der Waals surface area contributed by atoms with Crippen molar-refractivity contribution in [2.45, 2.75) is 19.8 Å². The fraction of sp³-hybridized carbons (Fsp3) is 0.467. The lowest BCUT2D eigenvalue weighted by atomic mass is 9.95. The quantitative estimate of drug-likeness (QED) is 0.862. The number of hydrogen-bond acceptors (Lipinski definition) is 3. The van der Waals surface area contributed by atoms with Crippen LogP contribution in [0, 0.1) is 5.92 Å². The van der Waals surface area contributed by atoms with Gasteiger partial charge in [-0.3, -0.25) is 9.59 Å². The van der Waals surface area contributed by atoms with Crippen molar-refractivity contribution < 1.29 is 9.59 Å². The monoisotopic (exact) mass is 338 g/mol. The summed E-state index contributed by atoms with van der Waals surface area (Å²) in [7, 11) is 1.67. The molecule has 1 aromatic carbocycles. The molecule has 108 valence electrons. The Morgan fingerprint density at radius 3 is 2.80 bits per heavy atom. The first kappa shape index (κ1) is 15.0. The van der Waals surface area contributed by atoms with Crippen molar-refractivity contribution in [1.82, 2.24) is 5.32 Å². The Morgan fingerprint density at radius 1 is 1.40 bits per heavy atom. The molecule has 1 aliphatic rings. The van der Waals surface area contributed by atoms with Crippen molar-refractivity contribution >= 4 is 33.3 Å². The lowest BCUT2D eigenvalue weighted by Gasteiger charge is -2.34. The van der Waals surface area contributed by atoms with E-state index in [1.54, 1.807) is 14.0 Å². The molecule has 0 saturated carbocycles. The molecule has 0 bridgehead atoms. The highest BCUT2D eigenvalue weighted by Gasteiger charge is 2.26. The van der Waals surface area contributed by atoms with Gasteiger partial charge in [-0.25, -0.2) is 0 Å². The fourth-order valence-electron chi connectivity index (χ4n) is 2.68. The number of piperidine rings is 1. The minimum absolute atomic E-state index is 0.00259. The molecule has 0 aliphatic carbocycles. The topological polar surface area (TPSA) is 49.4 Å². The number of rotatable bonds is 3. The van der Waals surface area contributed by atoms with Gasteiger partial charge in [0.15, 0.2) is 5.78 Å². The molecule has 0 spiro atoms. The number of benzene rings is 1. The Kier molecular flexibility index (Phi) is 4.81. The number of hydrogen-bond donors (Lipinski definition) is 1. The molecule has 1 fully saturated rings. The van der Waals surface area contributed by atoms with Crippen molar-refractivity contribution in [3.8, 4) is 0 Å². The molecular weight excluding hydrogens is 320 g/mol. The number of carbonyl (C=O) groups is 2. The van der Waals surface area contributed by atoms with Crippen LogP contribution in [0.5, 0.6) is 0 Å². The number of nitrogens with zero attached hydrogens (tertiary/aromatic N) is 1. The minimum Gasteiger partial charge on any atom is -0.370 e. The summed E-state index contributed by atoms with van der Waals surface area (Å²) in [4.78, 5) is 25.8. The number of ketones is 1.